The van der Waals surface area contributed by atoms with Gasteiger partial charge in [0.2, 0.25) is 0 Å². The molecule has 0 bridgehead atoms. The van der Waals surface area contributed by atoms with Crippen LogP contribution in [0.25, 0.3) is 0 Å². The fourth-order valence-corrected chi connectivity index (χ4v) is 3.12. The molecule has 0 aromatic carbocycles. The number of hydrogen-bond donors (Lipinski definition) is 3. The third-order valence-electron chi connectivity index (χ3n) is 2.99. The normalized spacial score (nSPS) is 14.2. The first-order valence-corrected chi connectivity index (χ1v) is 7.77. The van der Waals surface area contributed by atoms with Crippen molar-refractivity contribution in [2.45, 2.75) is 53.1 Å². The fourth-order valence-electron chi connectivity index (χ4n) is 2.19. The number of urea groups is 1. The number of thiazole rings is 1. The zero-order valence-corrected chi connectivity index (χ0v) is 13.7. The lowest BCUT2D eigenvalue weighted by atomic mass is 10.0. The zero-order chi connectivity index (χ0) is 15.3. The van der Waals surface area contributed by atoms with Crippen LogP contribution in [0.3, 0.4) is 0 Å². The maximum atomic E-state index is 11.9. The summed E-state index contributed by atoms with van der Waals surface area (Å²) in [6.07, 6.45) is 0.761. The summed E-state index contributed by atoms with van der Waals surface area (Å²) >= 11 is 1.60. The molecular weight excluding hydrogens is 274 g/mol. The molecule has 1 aromatic rings. The van der Waals surface area contributed by atoms with Gasteiger partial charge in [0.05, 0.1) is 29.4 Å². The number of aliphatic hydroxyl groups is 1. The Labute approximate surface area is 124 Å². The molecule has 0 fully saturated rings. The molecule has 3 N–H and O–H groups in total. The standard InChI is InChI=1S/C14H25N3O2S/c1-8(2)6-12(7-18)17-14(19)16-10(4)13-9(3)15-11(5)20-13/h8,10,12,18H,6-7H2,1-5H3,(H2,16,17,19). The first-order valence-electron chi connectivity index (χ1n) is 6.95. The Morgan fingerprint density at radius 3 is 2.40 bits per heavy atom. The molecule has 114 valence electrons. The minimum Gasteiger partial charge on any atom is -0.394 e. The average molecular weight is 299 g/mol. The van der Waals surface area contributed by atoms with Crippen LogP contribution in [-0.4, -0.2) is 28.8 Å². The molecule has 2 atom stereocenters. The summed E-state index contributed by atoms with van der Waals surface area (Å²) in [5, 5.41) is 16.0. The second-order valence-corrected chi connectivity index (χ2v) is 6.77. The van der Waals surface area contributed by atoms with E-state index in [1.165, 1.54) is 0 Å². The van der Waals surface area contributed by atoms with Gasteiger partial charge < -0.3 is 15.7 Å². The first-order chi connectivity index (χ1) is 9.33. The van der Waals surface area contributed by atoms with Crippen molar-refractivity contribution in [3.63, 3.8) is 0 Å². The van der Waals surface area contributed by atoms with Crippen LogP contribution in [0.5, 0.6) is 0 Å². The SMILES string of the molecule is Cc1nc(C)c(C(C)NC(=O)NC(CO)CC(C)C)s1. The highest BCUT2D eigenvalue weighted by atomic mass is 32.1. The van der Waals surface area contributed by atoms with Crippen LogP contribution in [0, 0.1) is 19.8 Å². The van der Waals surface area contributed by atoms with Crippen molar-refractivity contribution < 1.29 is 9.90 Å². The van der Waals surface area contributed by atoms with E-state index in [-0.39, 0.29) is 24.7 Å². The Kier molecular flexibility index (Phi) is 6.42. The van der Waals surface area contributed by atoms with Gasteiger partial charge in [0, 0.05) is 4.88 Å². The predicted octanol–water partition coefficient (Wildman–Crippen LogP) is 2.53. The van der Waals surface area contributed by atoms with Gasteiger partial charge in [-0.05, 0) is 33.1 Å². The molecule has 2 unspecified atom stereocenters. The maximum Gasteiger partial charge on any atom is 0.315 e. The van der Waals surface area contributed by atoms with Crippen molar-refractivity contribution in [2.24, 2.45) is 5.92 Å². The highest BCUT2D eigenvalue weighted by molar-refractivity contribution is 7.11. The van der Waals surface area contributed by atoms with Crippen LogP contribution in [-0.2, 0) is 0 Å². The van der Waals surface area contributed by atoms with Crippen molar-refractivity contribution in [1.82, 2.24) is 15.6 Å². The summed E-state index contributed by atoms with van der Waals surface area (Å²) in [5.41, 5.74) is 0.959. The number of hydrogen-bond acceptors (Lipinski definition) is 4. The Morgan fingerprint density at radius 2 is 1.95 bits per heavy atom. The molecule has 1 heterocycles. The Bertz CT molecular complexity index is 446. The molecule has 0 aliphatic carbocycles. The number of aliphatic hydroxyl groups excluding tert-OH is 1. The van der Waals surface area contributed by atoms with Crippen molar-refractivity contribution in [3.8, 4) is 0 Å². The van der Waals surface area contributed by atoms with Crippen molar-refractivity contribution in [3.05, 3.63) is 15.6 Å². The van der Waals surface area contributed by atoms with E-state index in [4.69, 9.17) is 0 Å². The van der Waals surface area contributed by atoms with E-state index < -0.39 is 0 Å². The van der Waals surface area contributed by atoms with E-state index in [1.807, 2.05) is 20.8 Å². The molecule has 1 aromatic heterocycles. The van der Waals surface area contributed by atoms with Crippen LogP contribution in [0.1, 0.15) is 48.8 Å². The van der Waals surface area contributed by atoms with E-state index in [1.54, 1.807) is 11.3 Å². The Balaban J connectivity index is 2.55. The smallest absolute Gasteiger partial charge is 0.315 e. The molecule has 0 spiro atoms. The first kappa shape index (κ1) is 16.9. The quantitative estimate of drug-likeness (QED) is 0.755. The van der Waals surface area contributed by atoms with Crippen LogP contribution in [0.4, 0.5) is 4.79 Å². The van der Waals surface area contributed by atoms with Gasteiger partial charge in [-0.1, -0.05) is 13.8 Å². The van der Waals surface area contributed by atoms with E-state index in [9.17, 15) is 9.90 Å². The molecular formula is C14H25N3O2S. The molecule has 0 aliphatic heterocycles. The van der Waals surface area contributed by atoms with Gasteiger partial charge in [0.15, 0.2) is 0 Å². The number of nitrogens with one attached hydrogen (secondary N) is 2. The number of aromatic nitrogens is 1. The van der Waals surface area contributed by atoms with Gasteiger partial charge in [0.1, 0.15) is 0 Å². The molecule has 0 radical (unpaired) electrons. The predicted molar refractivity (Wildman–Crippen MR) is 82.0 cm³/mol. The van der Waals surface area contributed by atoms with E-state index in [0.717, 1.165) is 22.0 Å². The van der Waals surface area contributed by atoms with Gasteiger partial charge in [-0.25, -0.2) is 9.78 Å². The molecule has 0 saturated heterocycles. The molecule has 1 rings (SSSR count). The average Bonchev–Trinajstić information content (AvgIpc) is 2.66. The Morgan fingerprint density at radius 1 is 1.30 bits per heavy atom. The summed E-state index contributed by atoms with van der Waals surface area (Å²) in [6.45, 7) is 9.93. The van der Waals surface area contributed by atoms with Gasteiger partial charge >= 0.3 is 6.03 Å². The number of rotatable bonds is 6. The lowest BCUT2D eigenvalue weighted by molar-refractivity contribution is 0.205. The van der Waals surface area contributed by atoms with Crippen LogP contribution < -0.4 is 10.6 Å². The summed E-state index contributed by atoms with van der Waals surface area (Å²) in [5.74, 6) is 0.427. The molecule has 2 amide bonds. The minimum absolute atomic E-state index is 0.0430. The number of carbonyl (C=O) groups is 1. The minimum atomic E-state index is -0.248. The topological polar surface area (TPSA) is 74.2 Å². The van der Waals surface area contributed by atoms with Gasteiger partial charge in [0.25, 0.3) is 0 Å². The van der Waals surface area contributed by atoms with E-state index in [2.05, 4.69) is 29.5 Å². The summed E-state index contributed by atoms with van der Waals surface area (Å²) in [7, 11) is 0. The monoisotopic (exact) mass is 299 g/mol. The molecule has 5 nitrogen and oxygen atoms in total. The number of amides is 2. The van der Waals surface area contributed by atoms with Crippen molar-refractivity contribution >= 4 is 17.4 Å². The van der Waals surface area contributed by atoms with Crippen LogP contribution >= 0.6 is 11.3 Å². The van der Waals surface area contributed by atoms with E-state index in [0.29, 0.717) is 5.92 Å². The number of aryl methyl sites for hydroxylation is 2. The molecule has 6 heteroatoms. The van der Waals surface area contributed by atoms with Crippen molar-refractivity contribution in [2.75, 3.05) is 6.61 Å². The highest BCUT2D eigenvalue weighted by Gasteiger charge is 2.17. The van der Waals surface area contributed by atoms with Crippen LogP contribution in [0.15, 0.2) is 0 Å². The van der Waals surface area contributed by atoms with Crippen LogP contribution in [0.2, 0.25) is 0 Å². The van der Waals surface area contributed by atoms with Crippen molar-refractivity contribution in [1.29, 1.82) is 0 Å². The molecule has 0 aliphatic rings. The third kappa shape index (κ3) is 5.09. The second kappa shape index (κ2) is 7.59. The second-order valence-electron chi connectivity index (χ2n) is 5.53. The van der Waals surface area contributed by atoms with Gasteiger partial charge in [-0.3, -0.25) is 0 Å². The largest absolute Gasteiger partial charge is 0.394 e. The number of nitrogens with zero attached hydrogens (tertiary/aromatic N) is 1. The summed E-state index contributed by atoms with van der Waals surface area (Å²) in [4.78, 5) is 17.4. The maximum absolute atomic E-state index is 11.9. The zero-order valence-electron chi connectivity index (χ0n) is 12.9. The number of carbonyl (C=O) groups excluding carboxylic acids is 1. The fraction of sp³-hybridized carbons (Fsp3) is 0.714. The van der Waals surface area contributed by atoms with E-state index >= 15 is 0 Å². The molecule has 0 saturated carbocycles. The van der Waals surface area contributed by atoms with Gasteiger partial charge in [-0.2, -0.15) is 0 Å². The molecule has 20 heavy (non-hydrogen) atoms. The van der Waals surface area contributed by atoms with Gasteiger partial charge in [-0.15, -0.1) is 11.3 Å². The lowest BCUT2D eigenvalue weighted by Crippen LogP contribution is -2.45. The summed E-state index contributed by atoms with van der Waals surface area (Å²) in [6, 6.07) is -0.534. The summed E-state index contributed by atoms with van der Waals surface area (Å²) < 4.78 is 0. The third-order valence-corrected chi connectivity index (χ3v) is 4.25. The Hall–Kier alpha value is -1.14. The highest BCUT2D eigenvalue weighted by Crippen LogP contribution is 2.24. The lowest BCUT2D eigenvalue weighted by Gasteiger charge is -2.20.